The molecule has 1 aromatic rings. The molecule has 0 aliphatic rings. The normalized spacial score (nSPS) is 15.1. The first kappa shape index (κ1) is 10.0. The third-order valence-electron chi connectivity index (χ3n) is 2.48. The van der Waals surface area contributed by atoms with E-state index in [1.54, 1.807) is 0 Å². The van der Waals surface area contributed by atoms with E-state index in [4.69, 9.17) is 5.73 Å². The molecular weight excluding hydrogens is 158 g/mol. The predicted octanol–water partition coefficient (Wildman–Crippen LogP) is 2.83. The van der Waals surface area contributed by atoms with Crippen LogP contribution in [-0.2, 0) is 0 Å². The summed E-state index contributed by atoms with van der Waals surface area (Å²) < 4.78 is 0. The molecule has 0 spiro atoms. The third-order valence-corrected chi connectivity index (χ3v) is 2.48. The van der Waals surface area contributed by atoms with Gasteiger partial charge in [-0.05, 0) is 31.9 Å². The highest BCUT2D eigenvalue weighted by Crippen LogP contribution is 2.18. The lowest BCUT2D eigenvalue weighted by Gasteiger charge is -2.11. The lowest BCUT2D eigenvalue weighted by atomic mass is 9.99. The maximum atomic E-state index is 5.82. The standard InChI is InChI=1S/C12H17N/c1-9(11(3)13)10(2)12-7-5-4-6-8-12/h4-8,11H,13H2,1-3H3/b10-9-. The number of hydrogen-bond acceptors (Lipinski definition) is 1. The van der Waals surface area contributed by atoms with Crippen LogP contribution in [0.3, 0.4) is 0 Å². The Morgan fingerprint density at radius 2 is 1.69 bits per heavy atom. The molecular formula is C12H17N. The molecule has 70 valence electrons. The zero-order chi connectivity index (χ0) is 9.84. The molecule has 1 unspecified atom stereocenters. The Hall–Kier alpha value is -1.08. The van der Waals surface area contributed by atoms with Gasteiger partial charge in [-0.15, -0.1) is 0 Å². The van der Waals surface area contributed by atoms with Crippen molar-refractivity contribution in [2.75, 3.05) is 0 Å². The van der Waals surface area contributed by atoms with Crippen LogP contribution < -0.4 is 5.73 Å². The van der Waals surface area contributed by atoms with Crippen LogP contribution in [0.5, 0.6) is 0 Å². The second-order valence-electron chi connectivity index (χ2n) is 3.46. The van der Waals surface area contributed by atoms with Crippen LogP contribution in [0.2, 0.25) is 0 Å². The van der Waals surface area contributed by atoms with Crippen LogP contribution in [0, 0.1) is 0 Å². The molecule has 0 radical (unpaired) electrons. The summed E-state index contributed by atoms with van der Waals surface area (Å²) >= 11 is 0. The lowest BCUT2D eigenvalue weighted by Crippen LogP contribution is -2.16. The molecule has 1 nitrogen and oxygen atoms in total. The molecule has 1 rings (SSSR count). The Morgan fingerprint density at radius 3 is 2.15 bits per heavy atom. The minimum Gasteiger partial charge on any atom is -0.324 e. The number of allylic oxidation sites excluding steroid dienone is 1. The molecule has 0 aliphatic heterocycles. The highest BCUT2D eigenvalue weighted by atomic mass is 14.6. The van der Waals surface area contributed by atoms with E-state index in [0.717, 1.165) is 0 Å². The highest BCUT2D eigenvalue weighted by Gasteiger charge is 2.03. The molecule has 0 bridgehead atoms. The van der Waals surface area contributed by atoms with Gasteiger partial charge in [-0.3, -0.25) is 0 Å². The summed E-state index contributed by atoms with van der Waals surface area (Å²) in [5.74, 6) is 0. The zero-order valence-electron chi connectivity index (χ0n) is 8.54. The molecule has 0 aliphatic carbocycles. The smallest absolute Gasteiger partial charge is 0.0227 e. The molecule has 0 aromatic heterocycles. The molecule has 0 saturated carbocycles. The summed E-state index contributed by atoms with van der Waals surface area (Å²) in [5, 5.41) is 0. The summed E-state index contributed by atoms with van der Waals surface area (Å²) in [7, 11) is 0. The van der Waals surface area contributed by atoms with Crippen LogP contribution in [0.25, 0.3) is 5.57 Å². The summed E-state index contributed by atoms with van der Waals surface area (Å²) in [4.78, 5) is 0. The van der Waals surface area contributed by atoms with E-state index in [9.17, 15) is 0 Å². The number of benzene rings is 1. The van der Waals surface area contributed by atoms with E-state index in [2.05, 4.69) is 26.0 Å². The van der Waals surface area contributed by atoms with Crippen LogP contribution in [-0.4, -0.2) is 6.04 Å². The van der Waals surface area contributed by atoms with Gasteiger partial charge in [0.05, 0.1) is 0 Å². The van der Waals surface area contributed by atoms with Gasteiger partial charge in [0.25, 0.3) is 0 Å². The molecule has 1 heteroatoms. The van der Waals surface area contributed by atoms with E-state index < -0.39 is 0 Å². The van der Waals surface area contributed by atoms with Crippen molar-refractivity contribution in [2.45, 2.75) is 26.8 Å². The van der Waals surface area contributed by atoms with Crippen molar-refractivity contribution in [2.24, 2.45) is 5.73 Å². The Balaban J connectivity index is 3.03. The minimum absolute atomic E-state index is 0.139. The molecule has 0 fully saturated rings. The Labute approximate surface area is 80.3 Å². The van der Waals surface area contributed by atoms with Crippen LogP contribution in [0.1, 0.15) is 26.3 Å². The van der Waals surface area contributed by atoms with Crippen molar-refractivity contribution >= 4 is 5.57 Å². The summed E-state index contributed by atoms with van der Waals surface area (Å²) in [6, 6.07) is 10.5. The van der Waals surface area contributed by atoms with Crippen molar-refractivity contribution in [1.82, 2.24) is 0 Å². The van der Waals surface area contributed by atoms with Crippen molar-refractivity contribution in [3.63, 3.8) is 0 Å². The number of hydrogen-bond donors (Lipinski definition) is 1. The second kappa shape index (κ2) is 4.24. The molecule has 1 atom stereocenters. The van der Waals surface area contributed by atoms with Crippen LogP contribution >= 0.6 is 0 Å². The number of nitrogens with two attached hydrogens (primary N) is 1. The molecule has 0 heterocycles. The predicted molar refractivity (Wildman–Crippen MR) is 58.4 cm³/mol. The van der Waals surface area contributed by atoms with Crippen LogP contribution in [0.15, 0.2) is 35.9 Å². The fraction of sp³-hybridized carbons (Fsp3) is 0.333. The summed E-state index contributed by atoms with van der Waals surface area (Å²) in [5.41, 5.74) is 9.62. The first-order chi connectivity index (χ1) is 6.13. The van der Waals surface area contributed by atoms with E-state index in [1.165, 1.54) is 16.7 Å². The molecule has 0 amide bonds. The van der Waals surface area contributed by atoms with Gasteiger partial charge in [0, 0.05) is 6.04 Å². The minimum atomic E-state index is 0.139. The van der Waals surface area contributed by atoms with Gasteiger partial charge in [-0.25, -0.2) is 0 Å². The van der Waals surface area contributed by atoms with Gasteiger partial charge in [-0.1, -0.05) is 35.9 Å². The third kappa shape index (κ3) is 2.43. The topological polar surface area (TPSA) is 26.0 Å². The maximum Gasteiger partial charge on any atom is 0.0227 e. The van der Waals surface area contributed by atoms with Crippen molar-refractivity contribution in [1.29, 1.82) is 0 Å². The molecule has 1 aromatic carbocycles. The van der Waals surface area contributed by atoms with E-state index >= 15 is 0 Å². The SMILES string of the molecule is C/C(=C(\C)C(C)N)c1ccccc1. The zero-order valence-corrected chi connectivity index (χ0v) is 8.54. The Morgan fingerprint density at radius 1 is 1.15 bits per heavy atom. The fourth-order valence-electron chi connectivity index (χ4n) is 1.26. The lowest BCUT2D eigenvalue weighted by molar-refractivity contribution is 0.862. The molecule has 13 heavy (non-hydrogen) atoms. The van der Waals surface area contributed by atoms with Crippen molar-refractivity contribution < 1.29 is 0 Å². The molecule has 0 saturated heterocycles. The summed E-state index contributed by atoms with van der Waals surface area (Å²) in [6.07, 6.45) is 0. The first-order valence-electron chi connectivity index (χ1n) is 4.61. The second-order valence-corrected chi connectivity index (χ2v) is 3.46. The van der Waals surface area contributed by atoms with Crippen molar-refractivity contribution in [3.05, 3.63) is 41.5 Å². The number of rotatable bonds is 2. The first-order valence-corrected chi connectivity index (χ1v) is 4.61. The Bertz CT molecular complexity index is 296. The maximum absolute atomic E-state index is 5.82. The molecule has 2 N–H and O–H groups in total. The average Bonchev–Trinajstić information content (AvgIpc) is 2.17. The fourth-order valence-corrected chi connectivity index (χ4v) is 1.26. The van der Waals surface area contributed by atoms with E-state index in [0.29, 0.717) is 0 Å². The van der Waals surface area contributed by atoms with Gasteiger partial charge >= 0.3 is 0 Å². The van der Waals surface area contributed by atoms with Gasteiger partial charge < -0.3 is 5.73 Å². The van der Waals surface area contributed by atoms with E-state index in [1.807, 2.05) is 25.1 Å². The van der Waals surface area contributed by atoms with Gasteiger partial charge in [0.15, 0.2) is 0 Å². The van der Waals surface area contributed by atoms with Crippen LogP contribution in [0.4, 0.5) is 0 Å². The largest absolute Gasteiger partial charge is 0.324 e. The highest BCUT2D eigenvalue weighted by molar-refractivity contribution is 5.67. The quantitative estimate of drug-likeness (QED) is 0.735. The Kier molecular flexibility index (Phi) is 3.26. The van der Waals surface area contributed by atoms with Crippen molar-refractivity contribution in [3.8, 4) is 0 Å². The summed E-state index contributed by atoms with van der Waals surface area (Å²) in [6.45, 7) is 6.22. The van der Waals surface area contributed by atoms with E-state index in [-0.39, 0.29) is 6.04 Å². The van der Waals surface area contributed by atoms with Gasteiger partial charge in [0.2, 0.25) is 0 Å². The van der Waals surface area contributed by atoms with Gasteiger partial charge in [0.1, 0.15) is 0 Å². The van der Waals surface area contributed by atoms with Gasteiger partial charge in [-0.2, -0.15) is 0 Å². The average molecular weight is 175 g/mol. The monoisotopic (exact) mass is 175 g/mol.